The van der Waals surface area contributed by atoms with E-state index in [4.69, 9.17) is 22.9 Å². The van der Waals surface area contributed by atoms with E-state index in [1.54, 1.807) is 44.2 Å². The van der Waals surface area contributed by atoms with Crippen LogP contribution in [0.2, 0.25) is 0 Å². The number of carboxylic acids is 1. The molecule has 10 atom stereocenters. The number of hydrogen-bond acceptors (Lipinski definition) is 15. The van der Waals surface area contributed by atoms with Gasteiger partial charge in [-0.2, -0.15) is 12.6 Å². The van der Waals surface area contributed by atoms with E-state index in [0.717, 1.165) is 0 Å². The summed E-state index contributed by atoms with van der Waals surface area (Å²) in [6.45, 7) is 8.88. The number of aliphatic hydroxyl groups is 1. The molecule has 1 saturated heterocycles. The first-order valence-electron chi connectivity index (χ1n) is 26.6. The van der Waals surface area contributed by atoms with Crippen LogP contribution in [-0.2, 0) is 56.0 Å². The summed E-state index contributed by atoms with van der Waals surface area (Å²) >= 11 is 4.35. The predicted molar refractivity (Wildman–Crippen MR) is 298 cm³/mol. The normalized spacial score (nSPS) is 16.6. The first-order chi connectivity index (χ1) is 37.4. The van der Waals surface area contributed by atoms with E-state index in [1.165, 1.54) is 36.1 Å². The highest BCUT2D eigenvalue weighted by Gasteiger charge is 2.41. The number of rotatable bonds is 33. The third-order valence-corrected chi connectivity index (χ3v) is 13.5. The second kappa shape index (κ2) is 33.4. The van der Waals surface area contributed by atoms with Crippen molar-refractivity contribution in [2.24, 2.45) is 39.8 Å². The van der Waals surface area contributed by atoms with Crippen molar-refractivity contribution in [3.05, 3.63) is 65.7 Å². The maximum Gasteiger partial charge on any atom is 0.326 e. The first-order valence-corrected chi connectivity index (χ1v) is 27.3. The van der Waals surface area contributed by atoms with E-state index < -0.39 is 114 Å². The SMILES string of the molecule is CC(C)C[C@H](NC(=O)[C@@H](NC(=O)[C@@H](N)C(C)C)[C@@H](C)O)C(=O)N1CCC[C@H]1C(=O)N[C@@H](CS)C(=O)N[C@@H](CCCCN)C(=O)N[C@@H](Cc1ccccc1)C(=O)N[C@@H](Cc1ccc(O)cc1)C(=O)N[C@@H](CCCN=C(N)N)C(=O)O. The standard InChI is InChI=1S/C53H83N13O12S/c1-29(2)25-39(63-50(75)43(31(5)67)65-49(74)42(55)30(3)4)51(76)66-24-12-17-41(66)48(73)64-40(28-79)47(72)59-35(15-9-10-22-54)44(69)61-37(26-32-13-7-6-8-14-32)46(71)62-38(27-33-18-20-34(68)21-19-33)45(70)60-36(52(77)78)16-11-23-58-53(56)57/h6-8,13-14,18-21,29-31,35-43,67-68,79H,9-12,15-17,22-28,54-55H2,1-5H3,(H,59,72)(H,60,70)(H,61,69)(H,62,71)(H,63,75)(H,64,73)(H,65,74)(H,77,78)(H4,56,57,58)/t31-,35+,36+,37+,38+,39+,40+,41+,42+,43+/m1/s1. The number of carboxylic acid groups (broad SMARTS) is 1. The number of benzene rings is 2. The Morgan fingerprint density at radius 1 is 0.671 bits per heavy atom. The molecule has 0 spiro atoms. The molecule has 26 heteroatoms. The van der Waals surface area contributed by atoms with E-state index in [1.807, 2.05) is 13.8 Å². The molecule has 25 nitrogen and oxygen atoms in total. The molecule has 0 saturated carbocycles. The molecular formula is C53H83N13O12S. The average molecular weight is 1130 g/mol. The molecule has 1 heterocycles. The fraction of sp³-hybridized carbons (Fsp3) is 0.585. The predicted octanol–water partition coefficient (Wildman–Crippen LogP) is -1.83. The van der Waals surface area contributed by atoms with Crippen LogP contribution in [0.3, 0.4) is 0 Å². The number of likely N-dealkylation sites (tertiary alicyclic amines) is 1. The lowest BCUT2D eigenvalue weighted by atomic mass is 10.0. The van der Waals surface area contributed by atoms with Gasteiger partial charge in [0.25, 0.3) is 0 Å². The van der Waals surface area contributed by atoms with Gasteiger partial charge in [-0.1, -0.05) is 70.2 Å². The van der Waals surface area contributed by atoms with E-state index in [9.17, 15) is 58.5 Å². The van der Waals surface area contributed by atoms with E-state index in [0.29, 0.717) is 30.4 Å². The number of nitrogens with one attached hydrogen (secondary N) is 7. The van der Waals surface area contributed by atoms with Crippen LogP contribution in [0, 0.1) is 11.8 Å². The summed E-state index contributed by atoms with van der Waals surface area (Å²) in [5.74, 6) is -8.40. The first kappa shape index (κ1) is 66.3. The number of aliphatic hydroxyl groups excluding tert-OH is 1. The number of phenols is 1. The quantitative estimate of drug-likeness (QED) is 0.0162. The number of phenolic OH excluding ortho intramolecular Hbond substituents is 1. The minimum Gasteiger partial charge on any atom is -0.508 e. The number of carbonyl (C=O) groups is 9. The minimum absolute atomic E-state index is 0.0331. The van der Waals surface area contributed by atoms with Crippen LogP contribution >= 0.6 is 12.6 Å². The van der Waals surface area contributed by atoms with Crippen molar-refractivity contribution < 1.29 is 58.5 Å². The molecule has 1 fully saturated rings. The van der Waals surface area contributed by atoms with E-state index in [2.05, 4.69) is 54.8 Å². The van der Waals surface area contributed by atoms with E-state index >= 15 is 0 Å². The largest absolute Gasteiger partial charge is 0.508 e. The number of nitrogens with zero attached hydrogens (tertiary/aromatic N) is 2. The van der Waals surface area contributed by atoms with Gasteiger partial charge in [-0.25, -0.2) is 4.79 Å². The third kappa shape index (κ3) is 22.3. The second-order valence-corrected chi connectivity index (χ2v) is 20.9. The Bertz CT molecular complexity index is 2380. The smallest absolute Gasteiger partial charge is 0.326 e. The number of aliphatic imine (C=N–C) groups is 1. The Kier molecular flexibility index (Phi) is 28.0. The molecule has 0 radical (unpaired) electrons. The number of aromatic hydroxyl groups is 1. The highest BCUT2D eigenvalue weighted by Crippen LogP contribution is 2.22. The Balaban J connectivity index is 1.87. The van der Waals surface area contributed by atoms with Crippen LogP contribution in [0.4, 0.5) is 0 Å². The molecule has 0 unspecified atom stereocenters. The monoisotopic (exact) mass is 1130 g/mol. The maximum absolute atomic E-state index is 14.5. The van der Waals surface area contributed by atoms with Gasteiger partial charge in [0.2, 0.25) is 47.3 Å². The summed E-state index contributed by atoms with van der Waals surface area (Å²) in [5.41, 5.74) is 23.6. The number of nitrogens with two attached hydrogens (primary N) is 4. The van der Waals surface area contributed by atoms with Crippen LogP contribution in [0.15, 0.2) is 59.6 Å². The number of carbonyl (C=O) groups excluding carboxylic acids is 8. The number of aliphatic carboxylic acids is 1. The maximum atomic E-state index is 14.5. The topological polar surface area (TPSA) is 418 Å². The summed E-state index contributed by atoms with van der Waals surface area (Å²) in [4.78, 5) is 129. The van der Waals surface area contributed by atoms with Gasteiger partial charge in [-0.15, -0.1) is 0 Å². The van der Waals surface area contributed by atoms with Crippen LogP contribution in [0.1, 0.15) is 97.1 Å². The summed E-state index contributed by atoms with van der Waals surface area (Å²) in [5, 5.41) is 48.8. The van der Waals surface area contributed by atoms with Crippen molar-refractivity contribution in [2.75, 3.05) is 25.4 Å². The van der Waals surface area contributed by atoms with Crippen LogP contribution < -0.4 is 60.2 Å². The van der Waals surface area contributed by atoms with E-state index in [-0.39, 0.29) is 93.9 Å². The van der Waals surface area contributed by atoms with Crippen molar-refractivity contribution in [3.63, 3.8) is 0 Å². The molecule has 0 aromatic heterocycles. The number of unbranched alkanes of at least 4 members (excludes halogenated alkanes) is 1. The zero-order valence-electron chi connectivity index (χ0n) is 45.7. The molecule has 2 aromatic carbocycles. The molecule has 18 N–H and O–H groups in total. The van der Waals surface area contributed by atoms with Crippen molar-refractivity contribution in [3.8, 4) is 5.75 Å². The van der Waals surface area contributed by atoms with Crippen molar-refractivity contribution in [2.45, 2.75) is 159 Å². The summed E-state index contributed by atoms with van der Waals surface area (Å²) < 4.78 is 0. The molecule has 3 rings (SSSR count). The van der Waals surface area contributed by atoms with Gasteiger partial charge in [-0.05, 0) is 99.9 Å². The molecule has 438 valence electrons. The Morgan fingerprint density at radius 2 is 1.20 bits per heavy atom. The van der Waals surface area contributed by atoms with Gasteiger partial charge in [0.1, 0.15) is 54.1 Å². The van der Waals surface area contributed by atoms with Gasteiger partial charge in [0.15, 0.2) is 5.96 Å². The Morgan fingerprint density at radius 3 is 1.73 bits per heavy atom. The zero-order chi connectivity index (χ0) is 58.9. The van der Waals surface area contributed by atoms with Gasteiger partial charge in [0.05, 0.1) is 12.1 Å². The molecule has 79 heavy (non-hydrogen) atoms. The third-order valence-electron chi connectivity index (χ3n) is 13.1. The summed E-state index contributed by atoms with van der Waals surface area (Å²) in [6.07, 6.45) is 0.0572. The zero-order valence-corrected chi connectivity index (χ0v) is 46.6. The lowest BCUT2D eigenvalue weighted by Gasteiger charge is -2.32. The Hall–Kier alpha value is -7.03. The fourth-order valence-electron chi connectivity index (χ4n) is 8.62. The number of guanidine groups is 1. The molecule has 0 bridgehead atoms. The van der Waals surface area contributed by atoms with Crippen molar-refractivity contribution in [1.29, 1.82) is 0 Å². The molecule has 1 aliphatic heterocycles. The molecule has 0 aliphatic carbocycles. The van der Waals surface area contributed by atoms with Crippen LogP contribution in [0.25, 0.3) is 0 Å². The van der Waals surface area contributed by atoms with Crippen molar-refractivity contribution >= 4 is 71.8 Å². The average Bonchev–Trinajstić information content (AvgIpc) is 3.90. The number of thiol groups is 1. The Labute approximate surface area is 466 Å². The number of hydrogen-bond donors (Lipinski definition) is 15. The second-order valence-electron chi connectivity index (χ2n) is 20.5. The highest BCUT2D eigenvalue weighted by atomic mass is 32.1. The minimum atomic E-state index is -1.45. The highest BCUT2D eigenvalue weighted by molar-refractivity contribution is 7.80. The number of amides is 8. The molecule has 2 aromatic rings. The van der Waals surface area contributed by atoms with Gasteiger partial charge in [-0.3, -0.25) is 43.3 Å². The summed E-state index contributed by atoms with van der Waals surface area (Å²) in [7, 11) is 0. The van der Waals surface area contributed by atoms with Gasteiger partial charge < -0.3 is 80.4 Å². The van der Waals surface area contributed by atoms with Gasteiger partial charge in [0, 0.05) is 31.7 Å². The molecule has 1 aliphatic rings. The summed E-state index contributed by atoms with van der Waals surface area (Å²) in [6, 6.07) is 2.88. The molecular weight excluding hydrogens is 1040 g/mol. The lowest BCUT2D eigenvalue weighted by molar-refractivity contribution is -0.143. The fourth-order valence-corrected chi connectivity index (χ4v) is 8.88. The lowest BCUT2D eigenvalue weighted by Crippen LogP contribution is -2.61. The van der Waals surface area contributed by atoms with Crippen LogP contribution in [0.5, 0.6) is 5.75 Å². The van der Waals surface area contributed by atoms with Gasteiger partial charge >= 0.3 is 5.97 Å². The molecule has 8 amide bonds. The van der Waals surface area contributed by atoms with Crippen molar-refractivity contribution in [1.82, 2.24) is 42.1 Å². The van der Waals surface area contributed by atoms with Crippen LogP contribution in [-0.4, -0.2) is 165 Å².